The lowest BCUT2D eigenvalue weighted by molar-refractivity contribution is 0.0903. The predicted octanol–water partition coefficient (Wildman–Crippen LogP) is 3.33. The van der Waals surface area contributed by atoms with Gasteiger partial charge in [0.05, 0.1) is 5.54 Å². The molecule has 1 aliphatic carbocycles. The summed E-state index contributed by atoms with van der Waals surface area (Å²) in [7, 11) is 0. The number of rotatable bonds is 5. The Hall–Kier alpha value is -2.21. The van der Waals surface area contributed by atoms with Gasteiger partial charge >= 0.3 is 0 Å². The van der Waals surface area contributed by atoms with Crippen molar-refractivity contribution in [3.8, 4) is 11.4 Å². The van der Waals surface area contributed by atoms with Gasteiger partial charge in [0, 0.05) is 24.1 Å². The number of nitrogens with zero attached hydrogens (tertiary/aromatic N) is 2. The van der Waals surface area contributed by atoms with E-state index in [-0.39, 0.29) is 16.9 Å². The molecule has 1 aliphatic rings. The third-order valence-corrected chi connectivity index (χ3v) is 4.86. The van der Waals surface area contributed by atoms with E-state index in [2.05, 4.69) is 36.2 Å². The molecule has 6 nitrogen and oxygen atoms in total. The van der Waals surface area contributed by atoms with Gasteiger partial charge in [0.25, 0.3) is 5.91 Å². The molecule has 0 bridgehead atoms. The third-order valence-electron chi connectivity index (χ3n) is 4.86. The molecule has 1 saturated carbocycles. The first-order valence-electron chi connectivity index (χ1n) is 9.26. The molecule has 26 heavy (non-hydrogen) atoms. The predicted molar refractivity (Wildman–Crippen MR) is 101 cm³/mol. The summed E-state index contributed by atoms with van der Waals surface area (Å²) in [6.45, 7) is 6.84. The Morgan fingerprint density at radius 3 is 2.69 bits per heavy atom. The minimum atomic E-state index is -0.265. The van der Waals surface area contributed by atoms with Crippen LogP contribution in [0, 0.1) is 5.41 Å². The molecule has 3 N–H and O–H groups in total. The topological polar surface area (TPSA) is 94.0 Å². The maximum atomic E-state index is 12.7. The molecule has 1 heterocycles. The van der Waals surface area contributed by atoms with Crippen molar-refractivity contribution in [2.75, 3.05) is 6.54 Å². The highest BCUT2D eigenvalue weighted by Gasteiger charge is 2.34. The average molecular weight is 356 g/mol. The molecular weight excluding hydrogens is 328 g/mol. The maximum Gasteiger partial charge on any atom is 0.251 e. The molecule has 6 heteroatoms. The lowest BCUT2D eigenvalue weighted by Crippen LogP contribution is -2.51. The molecule has 0 radical (unpaired) electrons. The molecule has 0 unspecified atom stereocenters. The highest BCUT2D eigenvalue weighted by molar-refractivity contribution is 5.95. The highest BCUT2D eigenvalue weighted by Crippen LogP contribution is 2.29. The quantitative estimate of drug-likeness (QED) is 0.857. The van der Waals surface area contributed by atoms with E-state index in [1.54, 1.807) is 12.1 Å². The monoisotopic (exact) mass is 356 g/mol. The number of carbonyl (C=O) groups is 1. The summed E-state index contributed by atoms with van der Waals surface area (Å²) in [5.74, 6) is 1.02. The summed E-state index contributed by atoms with van der Waals surface area (Å²) >= 11 is 0. The number of carbonyl (C=O) groups excluding carboxylic acids is 1. The number of benzene rings is 1. The zero-order chi connectivity index (χ0) is 18.8. The minimum absolute atomic E-state index is 0.0728. The Kier molecular flexibility index (Phi) is 5.14. The van der Waals surface area contributed by atoms with E-state index in [9.17, 15) is 4.79 Å². The van der Waals surface area contributed by atoms with Crippen LogP contribution in [0.1, 0.15) is 62.7 Å². The van der Waals surface area contributed by atoms with Crippen molar-refractivity contribution < 1.29 is 9.32 Å². The SMILES string of the molecule is CC(C)(C)Cc1nc(-c2cccc(C(=O)NC3(CN)CCCC3)c2)no1. The van der Waals surface area contributed by atoms with E-state index >= 15 is 0 Å². The number of amides is 1. The molecule has 140 valence electrons. The van der Waals surface area contributed by atoms with Crippen molar-refractivity contribution in [2.24, 2.45) is 11.1 Å². The van der Waals surface area contributed by atoms with Crippen molar-refractivity contribution in [3.05, 3.63) is 35.7 Å². The van der Waals surface area contributed by atoms with Gasteiger partial charge in [-0.3, -0.25) is 4.79 Å². The van der Waals surface area contributed by atoms with Crippen LogP contribution in [0.4, 0.5) is 0 Å². The Bertz CT molecular complexity index is 770. The van der Waals surface area contributed by atoms with Gasteiger partial charge < -0.3 is 15.6 Å². The first-order chi connectivity index (χ1) is 12.3. The van der Waals surface area contributed by atoms with Crippen molar-refractivity contribution in [1.29, 1.82) is 0 Å². The van der Waals surface area contributed by atoms with Crippen molar-refractivity contribution >= 4 is 5.91 Å². The fraction of sp³-hybridized carbons (Fsp3) is 0.550. The first-order valence-corrected chi connectivity index (χ1v) is 9.26. The fourth-order valence-corrected chi connectivity index (χ4v) is 3.44. The Morgan fingerprint density at radius 2 is 2.04 bits per heavy atom. The summed E-state index contributed by atoms with van der Waals surface area (Å²) in [6, 6.07) is 7.33. The number of nitrogens with two attached hydrogens (primary N) is 1. The van der Waals surface area contributed by atoms with Crippen molar-refractivity contribution in [3.63, 3.8) is 0 Å². The molecule has 0 saturated heterocycles. The molecule has 1 fully saturated rings. The van der Waals surface area contributed by atoms with Gasteiger partial charge in [0.15, 0.2) is 0 Å². The van der Waals surface area contributed by atoms with Crippen molar-refractivity contribution in [1.82, 2.24) is 15.5 Å². The largest absolute Gasteiger partial charge is 0.345 e. The standard InChI is InChI=1S/C20H28N4O2/c1-19(2,3)12-16-22-17(24-26-16)14-7-6-8-15(11-14)18(25)23-20(13-21)9-4-5-10-20/h6-8,11H,4-5,9-10,12-13,21H2,1-3H3,(H,23,25). The van der Waals surface area contributed by atoms with Gasteiger partial charge in [-0.15, -0.1) is 0 Å². The molecule has 1 aromatic carbocycles. The summed E-state index contributed by atoms with van der Waals surface area (Å²) in [6.07, 6.45) is 4.80. The van der Waals surface area contributed by atoms with E-state index < -0.39 is 0 Å². The van der Waals surface area contributed by atoms with Crippen molar-refractivity contribution in [2.45, 2.75) is 58.4 Å². The summed E-state index contributed by atoms with van der Waals surface area (Å²) in [4.78, 5) is 17.2. The Morgan fingerprint density at radius 1 is 1.31 bits per heavy atom. The zero-order valence-electron chi connectivity index (χ0n) is 15.8. The summed E-state index contributed by atoms with van der Waals surface area (Å²) < 4.78 is 5.36. The molecule has 2 aromatic rings. The van der Waals surface area contributed by atoms with Crippen LogP contribution >= 0.6 is 0 Å². The molecule has 0 spiro atoms. The molecule has 1 aromatic heterocycles. The first kappa shape index (κ1) is 18.6. The van der Waals surface area contributed by atoms with Crippen LogP contribution < -0.4 is 11.1 Å². The molecule has 0 aliphatic heterocycles. The second-order valence-corrected chi connectivity index (χ2v) is 8.48. The molecule has 3 rings (SSSR count). The van der Waals surface area contributed by atoms with E-state index in [0.717, 1.165) is 31.2 Å². The van der Waals surface area contributed by atoms with Crippen LogP contribution in [0.3, 0.4) is 0 Å². The van der Waals surface area contributed by atoms with Crippen LogP contribution in [0.25, 0.3) is 11.4 Å². The smallest absolute Gasteiger partial charge is 0.251 e. The van der Waals surface area contributed by atoms with Crippen LogP contribution in [-0.4, -0.2) is 28.1 Å². The van der Waals surface area contributed by atoms with Crippen LogP contribution in [0.5, 0.6) is 0 Å². The van der Waals surface area contributed by atoms with E-state index in [4.69, 9.17) is 10.3 Å². The normalized spacial score (nSPS) is 16.6. The highest BCUT2D eigenvalue weighted by atomic mass is 16.5. The summed E-state index contributed by atoms with van der Waals surface area (Å²) in [5.41, 5.74) is 7.09. The lowest BCUT2D eigenvalue weighted by atomic mass is 9.92. The van der Waals surface area contributed by atoms with Crippen LogP contribution in [-0.2, 0) is 6.42 Å². The minimum Gasteiger partial charge on any atom is -0.345 e. The maximum absolute atomic E-state index is 12.7. The Labute approximate surface area is 154 Å². The van der Waals surface area contributed by atoms with E-state index in [1.165, 1.54) is 0 Å². The second kappa shape index (κ2) is 7.19. The van der Waals surface area contributed by atoms with Gasteiger partial charge in [-0.05, 0) is 30.4 Å². The Balaban J connectivity index is 1.77. The fourth-order valence-electron chi connectivity index (χ4n) is 3.44. The zero-order valence-corrected chi connectivity index (χ0v) is 15.8. The van der Waals surface area contributed by atoms with Gasteiger partial charge in [-0.1, -0.05) is 50.9 Å². The number of aromatic nitrogens is 2. The third kappa shape index (κ3) is 4.30. The van der Waals surface area contributed by atoms with Crippen LogP contribution in [0.15, 0.2) is 28.8 Å². The van der Waals surface area contributed by atoms with E-state index in [0.29, 0.717) is 30.2 Å². The molecular formula is C20H28N4O2. The molecule has 0 atom stereocenters. The molecule has 1 amide bonds. The van der Waals surface area contributed by atoms with Gasteiger partial charge in [-0.25, -0.2) is 0 Å². The summed E-state index contributed by atoms with van der Waals surface area (Å²) in [5, 5.41) is 7.21. The van der Waals surface area contributed by atoms with E-state index in [1.807, 2.05) is 12.1 Å². The number of hydrogen-bond acceptors (Lipinski definition) is 5. The lowest BCUT2D eigenvalue weighted by Gasteiger charge is -2.28. The number of nitrogens with one attached hydrogen (secondary N) is 1. The van der Waals surface area contributed by atoms with Gasteiger partial charge in [0.2, 0.25) is 11.7 Å². The van der Waals surface area contributed by atoms with Gasteiger partial charge in [-0.2, -0.15) is 4.98 Å². The average Bonchev–Trinajstić information content (AvgIpc) is 3.23. The van der Waals surface area contributed by atoms with Crippen LogP contribution in [0.2, 0.25) is 0 Å². The number of hydrogen-bond donors (Lipinski definition) is 2. The second-order valence-electron chi connectivity index (χ2n) is 8.48. The van der Waals surface area contributed by atoms with Gasteiger partial charge in [0.1, 0.15) is 0 Å².